The van der Waals surface area contributed by atoms with E-state index in [9.17, 15) is 4.79 Å². The molecule has 0 saturated carbocycles. The monoisotopic (exact) mass is 471 g/mol. The molecule has 1 fully saturated rings. The average molecular weight is 472 g/mol. The normalized spacial score (nSPS) is 20.3. The molecule has 1 unspecified atom stereocenters. The molecule has 2 aliphatic rings. The van der Waals surface area contributed by atoms with Gasteiger partial charge in [-0.05, 0) is 49.0 Å². The first kappa shape index (κ1) is 21.9. The summed E-state index contributed by atoms with van der Waals surface area (Å²) in [7, 11) is 1.73. The number of aliphatic imine (C=N–C) groups is 1. The lowest BCUT2D eigenvalue weighted by Crippen LogP contribution is -2.42. The van der Waals surface area contributed by atoms with Crippen molar-refractivity contribution in [3.05, 3.63) is 34.9 Å². The van der Waals surface area contributed by atoms with E-state index < -0.39 is 0 Å². The van der Waals surface area contributed by atoms with Crippen molar-refractivity contribution >= 4 is 22.3 Å². The number of rotatable bonds is 5. The molecule has 3 aromatic rings. The second-order valence-electron chi connectivity index (χ2n) is 9.05. The molecule has 1 N–H and O–H groups in total. The van der Waals surface area contributed by atoms with Gasteiger partial charge < -0.3 is 19.0 Å². The average Bonchev–Trinajstić information content (AvgIpc) is 3.51. The second-order valence-corrected chi connectivity index (χ2v) is 9.97. The van der Waals surface area contributed by atoms with Gasteiger partial charge in [-0.3, -0.25) is 4.79 Å². The Labute approximate surface area is 195 Å². The van der Waals surface area contributed by atoms with Crippen molar-refractivity contribution in [2.75, 3.05) is 13.1 Å². The Balaban J connectivity index is 1.19. The first-order valence-electron chi connectivity index (χ1n) is 11.3. The van der Waals surface area contributed by atoms with E-state index >= 15 is 0 Å². The van der Waals surface area contributed by atoms with Gasteiger partial charge in [0.1, 0.15) is 12.3 Å². The predicted octanol–water partition coefficient (Wildman–Crippen LogP) is 2.51. The van der Waals surface area contributed by atoms with Crippen LogP contribution in [0.15, 0.2) is 34.3 Å². The Kier molecular flexibility index (Phi) is 5.83. The van der Waals surface area contributed by atoms with Gasteiger partial charge in [0.25, 0.3) is 10.8 Å². The number of hydrogen-bond donors (Lipinski definition) is 1. The zero-order chi connectivity index (χ0) is 23.1. The number of hydroxylamine groups is 1. The molecule has 0 aromatic carbocycles. The zero-order valence-corrected chi connectivity index (χ0v) is 20.1. The topological polar surface area (TPSA) is 98.3 Å². The predicted molar refractivity (Wildman–Crippen MR) is 126 cm³/mol. The van der Waals surface area contributed by atoms with Crippen molar-refractivity contribution in [2.24, 2.45) is 23.9 Å². The lowest BCUT2D eigenvalue weighted by molar-refractivity contribution is 0.0874. The first-order chi connectivity index (χ1) is 15.9. The number of likely N-dealkylation sites (tertiary alicyclic amines) is 1. The number of nitrogens with one attached hydrogen (secondary N) is 1. The van der Waals surface area contributed by atoms with E-state index in [0.29, 0.717) is 23.1 Å². The molecule has 0 amide bonds. The van der Waals surface area contributed by atoms with E-state index in [1.165, 1.54) is 15.9 Å². The van der Waals surface area contributed by atoms with Gasteiger partial charge in [-0.25, -0.2) is 14.5 Å². The van der Waals surface area contributed by atoms with Gasteiger partial charge in [0, 0.05) is 38.0 Å². The number of nitrogens with zero attached hydrogens (tertiary/aromatic N) is 6. The molecule has 0 radical (unpaired) electrons. The van der Waals surface area contributed by atoms with E-state index in [4.69, 9.17) is 9.57 Å². The van der Waals surface area contributed by atoms with Crippen molar-refractivity contribution < 1.29 is 9.57 Å². The molecular formula is C22H29N7O3S. The number of fused-ring (bicyclic) bond motifs is 1. The Bertz CT molecular complexity index is 1190. The lowest BCUT2D eigenvalue weighted by atomic mass is 9.92. The van der Waals surface area contributed by atoms with Crippen LogP contribution in [-0.4, -0.2) is 55.4 Å². The van der Waals surface area contributed by atoms with Gasteiger partial charge in [0.15, 0.2) is 0 Å². The number of hydrogen-bond acceptors (Lipinski definition) is 9. The highest BCUT2D eigenvalue weighted by Gasteiger charge is 2.31. The van der Waals surface area contributed by atoms with Gasteiger partial charge in [-0.2, -0.15) is 0 Å². The first-order valence-corrected chi connectivity index (χ1v) is 12.1. The molecule has 0 bridgehead atoms. The van der Waals surface area contributed by atoms with Crippen LogP contribution in [0.2, 0.25) is 0 Å². The van der Waals surface area contributed by atoms with Crippen LogP contribution in [0.3, 0.4) is 0 Å². The molecule has 2 aliphatic heterocycles. The van der Waals surface area contributed by atoms with E-state index in [1.54, 1.807) is 23.8 Å². The van der Waals surface area contributed by atoms with Gasteiger partial charge in [0.05, 0.1) is 11.9 Å². The SMILES string of the molecule is CC(C)C1N=C(N2CCC([C@H](C)Oc3nn4cc(-c5ccn(C)c(=O)c5)nc4s3)CC2)ON1. The van der Waals surface area contributed by atoms with Crippen molar-refractivity contribution in [1.29, 1.82) is 0 Å². The molecular weight excluding hydrogens is 442 g/mol. The number of piperidine rings is 1. The molecule has 176 valence electrons. The largest absolute Gasteiger partial charge is 0.466 e. The van der Waals surface area contributed by atoms with Crippen LogP contribution in [-0.2, 0) is 11.9 Å². The third-order valence-electron chi connectivity index (χ3n) is 6.34. The molecule has 3 aromatic heterocycles. The van der Waals surface area contributed by atoms with E-state index in [0.717, 1.165) is 42.1 Å². The van der Waals surface area contributed by atoms with Crippen molar-refractivity contribution in [3.63, 3.8) is 0 Å². The van der Waals surface area contributed by atoms with Gasteiger partial charge in [0.2, 0.25) is 4.96 Å². The maximum absolute atomic E-state index is 11.9. The smallest absolute Gasteiger partial charge is 0.309 e. The summed E-state index contributed by atoms with van der Waals surface area (Å²) in [5, 5.41) is 5.15. The summed E-state index contributed by atoms with van der Waals surface area (Å²) in [4.78, 5) is 29.7. The molecule has 0 spiro atoms. The van der Waals surface area contributed by atoms with Gasteiger partial charge in [-0.1, -0.05) is 13.8 Å². The van der Waals surface area contributed by atoms with E-state index in [1.807, 2.05) is 12.3 Å². The highest BCUT2D eigenvalue weighted by atomic mass is 32.1. The maximum Gasteiger partial charge on any atom is 0.309 e. The minimum absolute atomic E-state index is 0.0246. The van der Waals surface area contributed by atoms with E-state index in [2.05, 4.69) is 46.2 Å². The van der Waals surface area contributed by atoms with Crippen LogP contribution >= 0.6 is 11.3 Å². The van der Waals surface area contributed by atoms with Crippen LogP contribution in [0.5, 0.6) is 5.19 Å². The third-order valence-corrected chi connectivity index (χ3v) is 7.15. The summed E-state index contributed by atoms with van der Waals surface area (Å²) < 4.78 is 9.44. The summed E-state index contributed by atoms with van der Waals surface area (Å²) in [6.45, 7) is 8.14. The lowest BCUT2D eigenvalue weighted by Gasteiger charge is -2.34. The zero-order valence-electron chi connectivity index (χ0n) is 19.3. The Morgan fingerprint density at radius 3 is 2.73 bits per heavy atom. The quantitative estimate of drug-likeness (QED) is 0.611. The third kappa shape index (κ3) is 4.47. The fraction of sp³-hybridized carbons (Fsp3) is 0.545. The Morgan fingerprint density at radius 1 is 1.27 bits per heavy atom. The fourth-order valence-corrected chi connectivity index (χ4v) is 4.92. The van der Waals surface area contributed by atoms with Crippen molar-refractivity contribution in [1.82, 2.24) is 29.5 Å². The van der Waals surface area contributed by atoms with Crippen LogP contribution in [0, 0.1) is 11.8 Å². The standard InChI is InChI=1S/C22H29N7O3S/c1-13(2)19-24-20(32-26-19)28-9-6-15(7-10-28)14(3)31-22-25-29-12-17(23-21(29)33-22)16-5-8-27(4)18(30)11-16/h5,8,11-15,19,26H,6-7,9-10H2,1-4H3/t14-,19?/m0/s1. The van der Waals surface area contributed by atoms with Gasteiger partial charge >= 0.3 is 6.02 Å². The maximum atomic E-state index is 11.9. The van der Waals surface area contributed by atoms with Gasteiger partial charge in [-0.15, -0.1) is 10.6 Å². The van der Waals surface area contributed by atoms with Crippen LogP contribution < -0.4 is 15.8 Å². The Hall–Kier alpha value is -2.92. The summed E-state index contributed by atoms with van der Waals surface area (Å²) in [6, 6.07) is 4.16. The van der Waals surface area contributed by atoms with Crippen LogP contribution in [0.1, 0.15) is 33.6 Å². The van der Waals surface area contributed by atoms with Crippen molar-refractivity contribution in [3.8, 4) is 16.5 Å². The number of pyridine rings is 1. The summed E-state index contributed by atoms with van der Waals surface area (Å²) in [6.07, 6.45) is 5.66. The summed E-state index contributed by atoms with van der Waals surface area (Å²) in [5.74, 6) is 0.827. The molecule has 10 nitrogen and oxygen atoms in total. The molecule has 1 saturated heterocycles. The molecule has 33 heavy (non-hydrogen) atoms. The minimum atomic E-state index is -0.0664. The minimum Gasteiger partial charge on any atom is -0.466 e. The number of ether oxygens (including phenoxy) is 1. The number of aromatic nitrogens is 4. The molecule has 5 rings (SSSR count). The molecule has 11 heteroatoms. The number of imidazole rings is 1. The fourth-order valence-electron chi connectivity index (χ4n) is 4.11. The number of amidine groups is 1. The Morgan fingerprint density at radius 2 is 2.06 bits per heavy atom. The highest BCUT2D eigenvalue weighted by molar-refractivity contribution is 7.18. The molecule has 2 atom stereocenters. The molecule has 5 heterocycles. The van der Waals surface area contributed by atoms with Crippen LogP contribution in [0.25, 0.3) is 16.2 Å². The van der Waals surface area contributed by atoms with Crippen LogP contribution in [0.4, 0.5) is 0 Å². The molecule has 0 aliphatic carbocycles. The highest BCUT2D eigenvalue weighted by Crippen LogP contribution is 2.29. The summed E-state index contributed by atoms with van der Waals surface area (Å²) in [5.41, 5.74) is 4.44. The summed E-state index contributed by atoms with van der Waals surface area (Å²) >= 11 is 1.41. The second kappa shape index (κ2) is 8.79. The van der Waals surface area contributed by atoms with E-state index in [-0.39, 0.29) is 17.8 Å². The van der Waals surface area contributed by atoms with Crippen molar-refractivity contribution in [2.45, 2.75) is 45.9 Å². The number of aryl methyl sites for hydroxylation is 1.